The van der Waals surface area contributed by atoms with Crippen molar-refractivity contribution in [1.29, 1.82) is 0 Å². The molecule has 1 N–H and O–H groups in total. The summed E-state index contributed by atoms with van der Waals surface area (Å²) in [4.78, 5) is 35.7. The summed E-state index contributed by atoms with van der Waals surface area (Å²) in [6.45, 7) is 0.673. The lowest BCUT2D eigenvalue weighted by Crippen LogP contribution is -2.33. The van der Waals surface area contributed by atoms with Gasteiger partial charge in [-0.1, -0.05) is 23.7 Å². The first-order chi connectivity index (χ1) is 13.1. The quantitative estimate of drug-likeness (QED) is 0.617. The molecule has 1 saturated heterocycles. The highest BCUT2D eigenvalue weighted by Gasteiger charge is 2.34. The average Bonchev–Trinajstić information content (AvgIpc) is 3.24. The number of aromatic nitrogens is 2. The second kappa shape index (κ2) is 7.67. The Kier molecular flexibility index (Phi) is 5.11. The van der Waals surface area contributed by atoms with E-state index in [1.807, 2.05) is 11.4 Å². The van der Waals surface area contributed by atoms with Gasteiger partial charge in [-0.3, -0.25) is 14.5 Å². The highest BCUT2D eigenvalue weighted by Crippen LogP contribution is 2.32. The van der Waals surface area contributed by atoms with E-state index in [0.29, 0.717) is 22.3 Å². The number of rotatable bonds is 5. The Balaban J connectivity index is 1.42. The number of amides is 2. The third-order valence-corrected chi connectivity index (χ3v) is 5.91. The lowest BCUT2D eigenvalue weighted by Gasteiger charge is -2.13. The number of carbonyl (C=O) groups excluding carboxylic acids is 2. The van der Waals surface area contributed by atoms with Gasteiger partial charge in [0.15, 0.2) is 0 Å². The lowest BCUT2D eigenvalue weighted by molar-refractivity contribution is -0.122. The predicted octanol–water partition coefficient (Wildman–Crippen LogP) is 4.49. The fraction of sp³-hybridized carbons (Fsp3) is 0.111. The molecule has 2 amide bonds. The van der Waals surface area contributed by atoms with Gasteiger partial charge in [-0.2, -0.15) is 0 Å². The molecule has 0 atom stereocenters. The number of thiophene rings is 1. The Bertz CT molecular complexity index is 1050. The van der Waals surface area contributed by atoms with Gasteiger partial charge in [-0.25, -0.2) is 9.97 Å². The zero-order chi connectivity index (χ0) is 18.8. The van der Waals surface area contributed by atoms with Gasteiger partial charge in [-0.05, 0) is 47.0 Å². The molecule has 0 unspecified atom stereocenters. The van der Waals surface area contributed by atoms with E-state index in [1.54, 1.807) is 30.3 Å². The Morgan fingerprint density at radius 1 is 1.15 bits per heavy atom. The molecule has 4 rings (SSSR count). The molecule has 1 fully saturated rings. The van der Waals surface area contributed by atoms with Gasteiger partial charge in [0.1, 0.15) is 17.0 Å². The maximum absolute atomic E-state index is 12.5. The smallest absolute Gasteiger partial charge is 0.293 e. The third kappa shape index (κ3) is 3.83. The zero-order valence-electron chi connectivity index (χ0n) is 13.9. The molecular weight excluding hydrogens is 404 g/mol. The topological polar surface area (TPSA) is 75.2 Å². The highest BCUT2D eigenvalue weighted by molar-refractivity contribution is 8.18. The molecule has 0 aliphatic carbocycles. The molecule has 2 aromatic heterocycles. The van der Waals surface area contributed by atoms with Gasteiger partial charge in [-0.15, -0.1) is 11.3 Å². The van der Waals surface area contributed by atoms with Crippen molar-refractivity contribution in [3.8, 4) is 0 Å². The van der Waals surface area contributed by atoms with Crippen LogP contribution in [0.4, 0.5) is 10.6 Å². The largest absolute Gasteiger partial charge is 0.368 e. The Labute approximate surface area is 168 Å². The van der Waals surface area contributed by atoms with Gasteiger partial charge >= 0.3 is 0 Å². The number of anilines is 1. The van der Waals surface area contributed by atoms with Crippen LogP contribution in [0.1, 0.15) is 5.56 Å². The van der Waals surface area contributed by atoms with Crippen molar-refractivity contribution in [2.24, 2.45) is 0 Å². The van der Waals surface area contributed by atoms with E-state index >= 15 is 0 Å². The number of nitrogens with zero attached hydrogens (tertiary/aromatic N) is 3. The summed E-state index contributed by atoms with van der Waals surface area (Å²) < 4.78 is 0. The summed E-state index contributed by atoms with van der Waals surface area (Å²) in [6, 6.07) is 9.04. The monoisotopic (exact) mass is 416 g/mol. The maximum atomic E-state index is 12.5. The van der Waals surface area contributed by atoms with E-state index in [0.717, 1.165) is 27.5 Å². The first-order valence-corrected chi connectivity index (χ1v) is 10.1. The van der Waals surface area contributed by atoms with E-state index < -0.39 is 0 Å². The van der Waals surface area contributed by atoms with Crippen LogP contribution >= 0.6 is 34.7 Å². The number of nitrogens with one attached hydrogen (secondary N) is 1. The van der Waals surface area contributed by atoms with Crippen LogP contribution in [-0.2, 0) is 4.79 Å². The molecule has 1 aliphatic heterocycles. The van der Waals surface area contributed by atoms with Crippen molar-refractivity contribution in [2.75, 3.05) is 18.4 Å². The number of hydrogen-bond acceptors (Lipinski definition) is 7. The highest BCUT2D eigenvalue weighted by atomic mass is 35.5. The van der Waals surface area contributed by atoms with Crippen LogP contribution in [0, 0.1) is 0 Å². The van der Waals surface area contributed by atoms with Crippen LogP contribution in [0.25, 0.3) is 16.3 Å². The first-order valence-electron chi connectivity index (χ1n) is 8.05. The summed E-state index contributed by atoms with van der Waals surface area (Å²) in [6.07, 6.45) is 3.20. The van der Waals surface area contributed by atoms with E-state index in [4.69, 9.17) is 11.6 Å². The molecule has 0 spiro atoms. The number of thioether (sulfide) groups is 1. The molecule has 0 saturated carbocycles. The predicted molar refractivity (Wildman–Crippen MR) is 110 cm³/mol. The summed E-state index contributed by atoms with van der Waals surface area (Å²) in [5, 5.41) is 6.40. The van der Waals surface area contributed by atoms with E-state index in [-0.39, 0.29) is 17.7 Å². The molecule has 0 bridgehead atoms. The summed E-state index contributed by atoms with van der Waals surface area (Å²) in [7, 11) is 0. The Hall–Kier alpha value is -2.42. The van der Waals surface area contributed by atoms with Crippen LogP contribution in [0.3, 0.4) is 0 Å². The van der Waals surface area contributed by atoms with Crippen molar-refractivity contribution >= 4 is 68.0 Å². The van der Waals surface area contributed by atoms with Crippen LogP contribution in [0.5, 0.6) is 0 Å². The van der Waals surface area contributed by atoms with Crippen molar-refractivity contribution in [2.45, 2.75) is 0 Å². The average molecular weight is 417 g/mol. The number of halogens is 1. The summed E-state index contributed by atoms with van der Waals surface area (Å²) >= 11 is 8.35. The second-order valence-corrected chi connectivity index (χ2v) is 8.00. The Morgan fingerprint density at radius 2 is 1.96 bits per heavy atom. The lowest BCUT2D eigenvalue weighted by atomic mass is 10.2. The number of hydrogen-bond donors (Lipinski definition) is 1. The van der Waals surface area contributed by atoms with Gasteiger partial charge in [0.2, 0.25) is 0 Å². The number of carbonyl (C=O) groups is 2. The van der Waals surface area contributed by atoms with E-state index in [1.165, 1.54) is 22.6 Å². The fourth-order valence-corrected chi connectivity index (χ4v) is 4.34. The summed E-state index contributed by atoms with van der Waals surface area (Å²) in [5.74, 6) is 0.412. The van der Waals surface area contributed by atoms with Crippen LogP contribution in [-0.4, -0.2) is 39.1 Å². The van der Waals surface area contributed by atoms with Crippen molar-refractivity contribution in [3.63, 3.8) is 0 Å². The molecule has 136 valence electrons. The normalized spacial score (nSPS) is 15.9. The van der Waals surface area contributed by atoms with Crippen LogP contribution in [0.15, 0.2) is 46.9 Å². The Morgan fingerprint density at radius 3 is 2.78 bits per heavy atom. The summed E-state index contributed by atoms with van der Waals surface area (Å²) in [5.41, 5.74) is 0.823. The van der Waals surface area contributed by atoms with Gasteiger partial charge in [0, 0.05) is 18.1 Å². The van der Waals surface area contributed by atoms with E-state index in [9.17, 15) is 9.59 Å². The van der Waals surface area contributed by atoms with Crippen molar-refractivity contribution in [1.82, 2.24) is 14.9 Å². The molecule has 27 heavy (non-hydrogen) atoms. The van der Waals surface area contributed by atoms with Gasteiger partial charge in [0.25, 0.3) is 11.1 Å². The molecule has 3 heterocycles. The standard InChI is InChI=1S/C18H13ClN4O2S2/c19-12-3-1-11(2-4-12)9-14-17(24)23(18(25)27-14)7-6-20-15-13-5-8-26-16(13)22-10-21-15/h1-5,8-10H,6-7H2,(H,20,21,22)/b14-9-. The third-order valence-electron chi connectivity index (χ3n) is 3.93. The number of imide groups is 1. The maximum Gasteiger partial charge on any atom is 0.293 e. The first kappa shape index (κ1) is 18.0. The number of fused-ring (bicyclic) bond motifs is 1. The van der Waals surface area contributed by atoms with Crippen molar-refractivity contribution < 1.29 is 9.59 Å². The minimum Gasteiger partial charge on any atom is -0.368 e. The minimum absolute atomic E-state index is 0.262. The van der Waals surface area contributed by atoms with E-state index in [2.05, 4.69) is 15.3 Å². The zero-order valence-corrected chi connectivity index (χ0v) is 16.3. The minimum atomic E-state index is -0.287. The van der Waals surface area contributed by atoms with Crippen LogP contribution < -0.4 is 5.32 Å². The molecule has 1 aliphatic rings. The van der Waals surface area contributed by atoms with Crippen molar-refractivity contribution in [3.05, 3.63) is 57.5 Å². The SMILES string of the molecule is O=C1S/C(=C\c2ccc(Cl)cc2)C(=O)N1CCNc1ncnc2sccc12. The van der Waals surface area contributed by atoms with Gasteiger partial charge < -0.3 is 5.32 Å². The molecule has 9 heteroatoms. The molecule has 3 aromatic rings. The molecule has 1 aromatic carbocycles. The fourth-order valence-electron chi connectivity index (χ4n) is 2.62. The molecular formula is C18H13ClN4O2S2. The van der Waals surface area contributed by atoms with Crippen LogP contribution in [0.2, 0.25) is 5.02 Å². The second-order valence-electron chi connectivity index (χ2n) is 5.67. The van der Waals surface area contributed by atoms with Gasteiger partial charge in [0.05, 0.1) is 10.3 Å². The number of benzene rings is 1. The molecule has 0 radical (unpaired) electrons. The molecule has 6 nitrogen and oxygen atoms in total.